The number of esters is 1. The molecule has 0 aliphatic heterocycles. The summed E-state index contributed by atoms with van der Waals surface area (Å²) in [7, 11) is 0. The fourth-order valence-electron chi connectivity index (χ4n) is 1.29. The van der Waals surface area contributed by atoms with Gasteiger partial charge in [-0.05, 0) is 24.3 Å². The summed E-state index contributed by atoms with van der Waals surface area (Å²) in [6.45, 7) is 0. The summed E-state index contributed by atoms with van der Waals surface area (Å²) in [6, 6.07) is 6.20. The van der Waals surface area contributed by atoms with E-state index < -0.39 is 17.8 Å². The predicted molar refractivity (Wildman–Crippen MR) is 59.3 cm³/mol. The zero-order valence-electron chi connectivity index (χ0n) is 8.70. The van der Waals surface area contributed by atoms with Crippen LogP contribution in [0.2, 0.25) is 5.02 Å². The molecule has 90 valence electrons. The second kappa shape index (κ2) is 4.45. The molecule has 1 fully saturated rings. The topological polar surface area (TPSA) is 26.3 Å². The summed E-state index contributed by atoms with van der Waals surface area (Å²) in [5.41, 5.74) is 0. The molecule has 0 N–H and O–H groups in total. The van der Waals surface area contributed by atoms with Gasteiger partial charge in [0.2, 0.25) is 0 Å². The van der Waals surface area contributed by atoms with Crippen molar-refractivity contribution in [3.05, 3.63) is 41.4 Å². The molecule has 1 aromatic carbocycles. The number of ether oxygens (including phenoxy) is 1. The van der Waals surface area contributed by atoms with Crippen LogP contribution in [0.4, 0.5) is 8.78 Å². The van der Waals surface area contributed by atoms with E-state index in [-0.39, 0.29) is 6.42 Å². The molecule has 1 unspecified atom stereocenters. The van der Waals surface area contributed by atoms with E-state index in [1.807, 2.05) is 0 Å². The molecule has 1 saturated carbocycles. The Kier molecular flexibility index (Phi) is 3.15. The molecule has 0 saturated heterocycles. The molecule has 0 radical (unpaired) electrons. The van der Waals surface area contributed by atoms with Crippen molar-refractivity contribution in [2.75, 3.05) is 0 Å². The second-order valence-electron chi connectivity index (χ2n) is 3.81. The highest BCUT2D eigenvalue weighted by molar-refractivity contribution is 6.30. The van der Waals surface area contributed by atoms with Crippen molar-refractivity contribution < 1.29 is 18.3 Å². The molecule has 1 atom stereocenters. The van der Waals surface area contributed by atoms with Crippen LogP contribution in [0.1, 0.15) is 6.42 Å². The minimum Gasteiger partial charge on any atom is -0.423 e. The Balaban J connectivity index is 1.87. The molecule has 2 rings (SSSR count). The molecule has 0 amide bonds. The van der Waals surface area contributed by atoms with E-state index in [0.717, 1.165) is 6.08 Å². The average molecular weight is 259 g/mol. The molecule has 17 heavy (non-hydrogen) atoms. The van der Waals surface area contributed by atoms with Gasteiger partial charge in [-0.1, -0.05) is 17.7 Å². The maximum Gasteiger partial charge on any atom is 0.335 e. The second-order valence-corrected chi connectivity index (χ2v) is 4.24. The highest BCUT2D eigenvalue weighted by Crippen LogP contribution is 2.49. The lowest BCUT2D eigenvalue weighted by atomic mass is 10.3. The maximum absolute atomic E-state index is 12.5. The number of benzene rings is 1. The minimum absolute atomic E-state index is 0.197. The molecule has 0 aromatic heterocycles. The van der Waals surface area contributed by atoms with Gasteiger partial charge < -0.3 is 4.74 Å². The number of halogens is 3. The lowest BCUT2D eigenvalue weighted by molar-refractivity contribution is -0.129. The quantitative estimate of drug-likeness (QED) is 0.471. The van der Waals surface area contributed by atoms with Gasteiger partial charge in [-0.2, -0.15) is 0 Å². The van der Waals surface area contributed by atoms with E-state index in [1.54, 1.807) is 12.1 Å². The summed E-state index contributed by atoms with van der Waals surface area (Å²) in [4.78, 5) is 11.3. The normalized spacial score (nSPS) is 21.5. The smallest absolute Gasteiger partial charge is 0.335 e. The van der Waals surface area contributed by atoms with E-state index in [0.29, 0.717) is 10.8 Å². The van der Waals surface area contributed by atoms with Gasteiger partial charge in [-0.3, -0.25) is 0 Å². The number of carbonyl (C=O) groups is 1. The summed E-state index contributed by atoms with van der Waals surface area (Å²) in [6.07, 6.45) is 2.01. The molecule has 0 bridgehead atoms. The zero-order chi connectivity index (χ0) is 12.5. The standard InChI is InChI=1S/C12H9ClF2O2/c13-9-2-4-10(5-3-9)17-11(16)6-1-8-7-12(8,14)15/h1-6,8H,7H2. The Bertz CT molecular complexity index is 454. The molecule has 2 nitrogen and oxygen atoms in total. The van der Waals surface area contributed by atoms with Gasteiger partial charge >= 0.3 is 5.97 Å². The Morgan fingerprint density at radius 3 is 2.53 bits per heavy atom. The van der Waals surface area contributed by atoms with E-state index in [2.05, 4.69) is 0 Å². The lowest BCUT2D eigenvalue weighted by Crippen LogP contribution is -2.04. The largest absolute Gasteiger partial charge is 0.423 e. The number of hydrogen-bond donors (Lipinski definition) is 0. The van der Waals surface area contributed by atoms with Gasteiger partial charge in [0.25, 0.3) is 5.92 Å². The van der Waals surface area contributed by atoms with E-state index >= 15 is 0 Å². The molecule has 0 spiro atoms. The Morgan fingerprint density at radius 1 is 1.41 bits per heavy atom. The maximum atomic E-state index is 12.5. The molecular weight excluding hydrogens is 250 g/mol. The third-order valence-corrected chi connectivity index (χ3v) is 2.62. The Morgan fingerprint density at radius 2 is 2.00 bits per heavy atom. The van der Waals surface area contributed by atoms with Crippen LogP contribution in [0, 0.1) is 5.92 Å². The number of alkyl halides is 2. The van der Waals surface area contributed by atoms with Gasteiger partial charge in [0.05, 0.1) is 0 Å². The van der Waals surface area contributed by atoms with E-state index in [4.69, 9.17) is 16.3 Å². The fourth-order valence-corrected chi connectivity index (χ4v) is 1.42. The van der Waals surface area contributed by atoms with Crippen LogP contribution in [0.25, 0.3) is 0 Å². The fraction of sp³-hybridized carbons (Fsp3) is 0.250. The van der Waals surface area contributed by atoms with Crippen molar-refractivity contribution in [3.63, 3.8) is 0 Å². The molecule has 5 heteroatoms. The van der Waals surface area contributed by atoms with Gasteiger partial charge in [-0.15, -0.1) is 0 Å². The Hall–Kier alpha value is -1.42. The third kappa shape index (κ3) is 3.27. The summed E-state index contributed by atoms with van der Waals surface area (Å²) < 4.78 is 29.9. The molecule has 0 heterocycles. The SMILES string of the molecule is O=C(C=CC1CC1(F)F)Oc1ccc(Cl)cc1. The summed E-state index contributed by atoms with van der Waals surface area (Å²) in [5.74, 6) is -3.83. The first-order valence-electron chi connectivity index (χ1n) is 5.01. The molecule has 1 aliphatic carbocycles. The molecule has 1 aliphatic rings. The van der Waals surface area contributed by atoms with Crippen molar-refractivity contribution in [3.8, 4) is 5.75 Å². The molecule has 1 aromatic rings. The van der Waals surface area contributed by atoms with Crippen LogP contribution in [0.15, 0.2) is 36.4 Å². The first-order valence-corrected chi connectivity index (χ1v) is 5.38. The third-order valence-electron chi connectivity index (χ3n) is 2.37. The van der Waals surface area contributed by atoms with Crippen molar-refractivity contribution in [1.82, 2.24) is 0 Å². The first-order chi connectivity index (χ1) is 7.97. The number of allylic oxidation sites excluding steroid dienone is 1. The van der Waals surface area contributed by atoms with Crippen molar-refractivity contribution in [2.45, 2.75) is 12.3 Å². The van der Waals surface area contributed by atoms with Crippen molar-refractivity contribution in [2.24, 2.45) is 5.92 Å². The van der Waals surface area contributed by atoms with Gasteiger partial charge in [-0.25, -0.2) is 13.6 Å². The number of hydrogen-bond acceptors (Lipinski definition) is 2. The monoisotopic (exact) mass is 258 g/mol. The van der Waals surface area contributed by atoms with Gasteiger partial charge in [0.15, 0.2) is 0 Å². The lowest BCUT2D eigenvalue weighted by Gasteiger charge is -2.00. The van der Waals surface area contributed by atoms with Crippen molar-refractivity contribution in [1.29, 1.82) is 0 Å². The summed E-state index contributed by atoms with van der Waals surface area (Å²) in [5, 5.41) is 0.526. The predicted octanol–water partition coefficient (Wildman–Crippen LogP) is 3.46. The van der Waals surface area contributed by atoms with E-state index in [9.17, 15) is 13.6 Å². The highest BCUT2D eigenvalue weighted by atomic mass is 35.5. The zero-order valence-corrected chi connectivity index (χ0v) is 9.45. The average Bonchev–Trinajstić information content (AvgIpc) is 2.87. The van der Waals surface area contributed by atoms with Crippen LogP contribution < -0.4 is 4.74 Å². The van der Waals surface area contributed by atoms with Crippen LogP contribution in [0.5, 0.6) is 5.75 Å². The number of carbonyl (C=O) groups excluding carboxylic acids is 1. The van der Waals surface area contributed by atoms with Crippen LogP contribution >= 0.6 is 11.6 Å². The summed E-state index contributed by atoms with van der Waals surface area (Å²) >= 11 is 5.65. The minimum atomic E-state index is -2.66. The van der Waals surface area contributed by atoms with Gasteiger partial charge in [0.1, 0.15) is 5.75 Å². The van der Waals surface area contributed by atoms with E-state index in [1.165, 1.54) is 18.2 Å². The Labute approximate surface area is 102 Å². The molecular formula is C12H9ClF2O2. The van der Waals surface area contributed by atoms with Crippen molar-refractivity contribution >= 4 is 17.6 Å². The number of rotatable bonds is 3. The van der Waals surface area contributed by atoms with Crippen LogP contribution in [-0.4, -0.2) is 11.9 Å². The first kappa shape index (κ1) is 12.0. The highest BCUT2D eigenvalue weighted by Gasteiger charge is 2.55. The van der Waals surface area contributed by atoms with Gasteiger partial charge in [0, 0.05) is 23.4 Å². The van der Waals surface area contributed by atoms with Crippen LogP contribution in [0.3, 0.4) is 0 Å². The van der Waals surface area contributed by atoms with Crippen LogP contribution in [-0.2, 0) is 4.79 Å².